The minimum absolute atomic E-state index is 0.116. The van der Waals surface area contributed by atoms with Gasteiger partial charge in [-0.05, 0) is 62.1 Å². The summed E-state index contributed by atoms with van der Waals surface area (Å²) in [6.07, 6.45) is 2.11. The van der Waals surface area contributed by atoms with Gasteiger partial charge in [-0.3, -0.25) is 14.9 Å². The average Bonchev–Trinajstić information content (AvgIpc) is 2.70. The number of nitrogens with one attached hydrogen (secondary N) is 1. The van der Waals surface area contributed by atoms with Crippen molar-refractivity contribution in [1.82, 2.24) is 5.32 Å². The quantitative estimate of drug-likeness (QED) is 0.583. The first-order chi connectivity index (χ1) is 14.6. The maximum Gasteiger partial charge on any atom is 0.335 e. The second kappa shape index (κ2) is 7.34. The Morgan fingerprint density at radius 2 is 1.81 bits per heavy atom. The highest BCUT2D eigenvalue weighted by Crippen LogP contribution is 2.43. The number of carbonyl (C=O) groups excluding carboxylic acids is 3. The number of hydrogen-bond donors (Lipinski definition) is 1. The third kappa shape index (κ3) is 3.50. The Morgan fingerprint density at radius 3 is 2.48 bits per heavy atom. The number of amides is 4. The number of anilines is 2. The van der Waals surface area contributed by atoms with E-state index in [-0.39, 0.29) is 22.6 Å². The molecule has 7 heteroatoms. The molecular weight excluding hydrogens is 397 g/mol. The van der Waals surface area contributed by atoms with Crippen molar-refractivity contribution in [2.24, 2.45) is 0 Å². The largest absolute Gasteiger partial charge is 0.369 e. The number of para-hydroxylation sites is 1. The number of hydrogen-bond acceptors (Lipinski definition) is 4. The molecule has 1 atom stereocenters. The van der Waals surface area contributed by atoms with Crippen molar-refractivity contribution < 1.29 is 18.8 Å². The number of urea groups is 1. The van der Waals surface area contributed by atoms with E-state index in [4.69, 9.17) is 0 Å². The molecule has 2 aromatic carbocycles. The van der Waals surface area contributed by atoms with Gasteiger partial charge in [-0.2, -0.15) is 0 Å². The smallest absolute Gasteiger partial charge is 0.335 e. The van der Waals surface area contributed by atoms with Crippen LogP contribution in [0.5, 0.6) is 0 Å². The van der Waals surface area contributed by atoms with Gasteiger partial charge in [0.15, 0.2) is 0 Å². The molecule has 1 unspecified atom stereocenters. The fourth-order valence-corrected chi connectivity index (χ4v) is 4.34. The summed E-state index contributed by atoms with van der Waals surface area (Å²) in [6, 6.07) is 10.6. The van der Waals surface area contributed by atoms with Gasteiger partial charge in [-0.1, -0.05) is 25.1 Å². The Kier molecular flexibility index (Phi) is 4.92. The Hall–Kier alpha value is -3.48. The summed E-state index contributed by atoms with van der Waals surface area (Å²) in [7, 11) is 1.93. The Morgan fingerprint density at radius 1 is 1.13 bits per heavy atom. The van der Waals surface area contributed by atoms with Gasteiger partial charge >= 0.3 is 6.03 Å². The first-order valence-electron chi connectivity index (χ1n) is 10.1. The normalized spacial score (nSPS) is 21.9. The van der Waals surface area contributed by atoms with E-state index < -0.39 is 23.7 Å². The predicted octanol–water partition coefficient (Wildman–Crippen LogP) is 4.21. The van der Waals surface area contributed by atoms with E-state index in [1.165, 1.54) is 12.1 Å². The molecule has 1 fully saturated rings. The lowest BCUT2D eigenvalue weighted by Crippen LogP contribution is -2.54. The van der Waals surface area contributed by atoms with E-state index in [0.717, 1.165) is 22.6 Å². The second-order valence-corrected chi connectivity index (χ2v) is 8.70. The van der Waals surface area contributed by atoms with E-state index in [9.17, 15) is 14.4 Å². The fourth-order valence-electron chi connectivity index (χ4n) is 4.34. The predicted molar refractivity (Wildman–Crippen MR) is 117 cm³/mol. The van der Waals surface area contributed by atoms with Gasteiger partial charge in [-0.25, -0.2) is 14.1 Å². The maximum atomic E-state index is 15.0. The fraction of sp³-hybridized carbons (Fsp3) is 0.292. The van der Waals surface area contributed by atoms with Crippen molar-refractivity contribution in [3.8, 4) is 0 Å². The lowest BCUT2D eigenvalue weighted by atomic mass is 9.80. The summed E-state index contributed by atoms with van der Waals surface area (Å²) in [4.78, 5) is 40.6. The van der Waals surface area contributed by atoms with Crippen molar-refractivity contribution in [2.45, 2.75) is 38.6 Å². The molecular formula is C24H24FN3O3. The average molecular weight is 421 g/mol. The zero-order valence-corrected chi connectivity index (χ0v) is 17.9. The molecule has 0 spiro atoms. The highest BCUT2D eigenvalue weighted by atomic mass is 19.1. The second-order valence-electron chi connectivity index (χ2n) is 8.70. The lowest BCUT2D eigenvalue weighted by molar-refractivity contribution is -0.122. The standard InChI is InChI=1S/C24H24FN3O3/c1-14-13-24(2,3)27(4)20-12-19(25)15(10-17(14)20)11-18-21(29)26-23(31)28(22(18)30)16-8-6-5-7-9-16/h5-12,14H,13H2,1-4H3,(H,26,29,31)/b18-11-. The first-order valence-corrected chi connectivity index (χ1v) is 10.1. The summed E-state index contributed by atoms with van der Waals surface area (Å²) in [6.45, 7) is 6.30. The van der Waals surface area contributed by atoms with Gasteiger partial charge in [0.2, 0.25) is 0 Å². The molecule has 4 amide bonds. The number of benzene rings is 2. The number of fused-ring (bicyclic) bond motifs is 1. The number of barbiturate groups is 1. The summed E-state index contributed by atoms with van der Waals surface area (Å²) < 4.78 is 15.0. The topological polar surface area (TPSA) is 69.7 Å². The minimum Gasteiger partial charge on any atom is -0.369 e. The van der Waals surface area contributed by atoms with Gasteiger partial charge in [0, 0.05) is 23.8 Å². The van der Waals surface area contributed by atoms with E-state index >= 15 is 4.39 Å². The molecule has 0 saturated carbocycles. The molecule has 2 aromatic rings. The third-order valence-electron chi connectivity index (χ3n) is 6.17. The van der Waals surface area contributed by atoms with Gasteiger partial charge in [0.1, 0.15) is 11.4 Å². The number of carbonyl (C=O) groups is 3. The summed E-state index contributed by atoms with van der Waals surface area (Å²) >= 11 is 0. The summed E-state index contributed by atoms with van der Waals surface area (Å²) in [5, 5.41) is 2.17. The first kappa shape index (κ1) is 20.8. The molecule has 0 radical (unpaired) electrons. The molecule has 6 nitrogen and oxygen atoms in total. The van der Waals surface area contributed by atoms with Crippen LogP contribution in [0.25, 0.3) is 6.08 Å². The number of imide groups is 2. The van der Waals surface area contributed by atoms with E-state index in [1.807, 2.05) is 7.05 Å². The van der Waals surface area contributed by atoms with Crippen molar-refractivity contribution >= 4 is 35.3 Å². The summed E-state index contributed by atoms with van der Waals surface area (Å²) in [5.41, 5.74) is 1.80. The van der Waals surface area contributed by atoms with Gasteiger partial charge in [0.05, 0.1) is 5.69 Å². The lowest BCUT2D eigenvalue weighted by Gasteiger charge is -2.45. The molecule has 2 aliphatic rings. The number of rotatable bonds is 2. The van der Waals surface area contributed by atoms with Crippen LogP contribution in [0.1, 0.15) is 44.2 Å². The highest BCUT2D eigenvalue weighted by molar-refractivity contribution is 6.39. The van der Waals surface area contributed by atoms with Crippen molar-refractivity contribution in [3.05, 3.63) is 65.0 Å². The van der Waals surface area contributed by atoms with Crippen LogP contribution in [0.3, 0.4) is 0 Å². The molecule has 4 rings (SSSR count). The molecule has 0 aromatic heterocycles. The SMILES string of the molecule is CC1CC(C)(C)N(C)c2cc(F)c(/C=C3/C(=O)NC(=O)N(c4ccccc4)C3=O)cc21. The van der Waals surface area contributed by atoms with Gasteiger partial charge < -0.3 is 4.90 Å². The minimum atomic E-state index is -0.842. The van der Waals surface area contributed by atoms with Crippen LogP contribution in [0, 0.1) is 5.82 Å². The van der Waals surface area contributed by atoms with Crippen LogP contribution in [0.2, 0.25) is 0 Å². The number of halogens is 1. The summed E-state index contributed by atoms with van der Waals surface area (Å²) in [5.74, 6) is -1.99. The van der Waals surface area contributed by atoms with E-state index in [0.29, 0.717) is 5.69 Å². The molecule has 0 aliphatic carbocycles. The molecule has 1 N–H and O–H groups in total. The van der Waals surface area contributed by atoms with Crippen molar-refractivity contribution in [1.29, 1.82) is 0 Å². The molecule has 0 bridgehead atoms. The number of nitrogens with zero attached hydrogens (tertiary/aromatic N) is 2. The Bertz CT molecular complexity index is 1120. The van der Waals surface area contributed by atoms with E-state index in [1.54, 1.807) is 36.4 Å². The van der Waals surface area contributed by atoms with Crippen molar-refractivity contribution in [3.63, 3.8) is 0 Å². The zero-order valence-electron chi connectivity index (χ0n) is 17.9. The third-order valence-corrected chi connectivity index (χ3v) is 6.17. The van der Waals surface area contributed by atoms with Crippen LogP contribution >= 0.6 is 0 Å². The van der Waals surface area contributed by atoms with Gasteiger partial charge in [-0.15, -0.1) is 0 Å². The Labute approximate surface area is 180 Å². The maximum absolute atomic E-state index is 15.0. The Balaban J connectivity index is 1.78. The van der Waals surface area contributed by atoms with E-state index in [2.05, 4.69) is 31.0 Å². The molecule has 31 heavy (non-hydrogen) atoms. The van der Waals surface area contributed by atoms with Gasteiger partial charge in [0.25, 0.3) is 11.8 Å². The molecule has 2 heterocycles. The molecule has 1 saturated heterocycles. The zero-order chi connectivity index (χ0) is 22.5. The van der Waals surface area contributed by atoms with Crippen LogP contribution in [0.15, 0.2) is 48.0 Å². The molecule has 2 aliphatic heterocycles. The monoisotopic (exact) mass is 421 g/mol. The van der Waals surface area contributed by atoms with Crippen LogP contribution in [-0.2, 0) is 9.59 Å². The molecule has 160 valence electrons. The van der Waals surface area contributed by atoms with Crippen molar-refractivity contribution in [2.75, 3.05) is 16.8 Å². The van der Waals surface area contributed by atoms with Crippen LogP contribution in [0.4, 0.5) is 20.6 Å². The van der Waals surface area contributed by atoms with Crippen LogP contribution in [-0.4, -0.2) is 30.4 Å². The highest BCUT2D eigenvalue weighted by Gasteiger charge is 2.38. The van der Waals surface area contributed by atoms with Crippen LogP contribution < -0.4 is 15.1 Å².